The predicted molar refractivity (Wildman–Crippen MR) is 97.3 cm³/mol. The Morgan fingerprint density at radius 3 is 2.42 bits per heavy atom. The Morgan fingerprint density at radius 1 is 1.08 bits per heavy atom. The number of carbonyl (C=O) groups is 1. The summed E-state index contributed by atoms with van der Waals surface area (Å²) >= 11 is 0. The predicted octanol–water partition coefficient (Wildman–Crippen LogP) is 5.38. The lowest BCUT2D eigenvalue weighted by atomic mass is 10.0. The summed E-state index contributed by atoms with van der Waals surface area (Å²) in [5.74, 6) is -1.20. The summed E-state index contributed by atoms with van der Waals surface area (Å²) in [5, 5.41) is 3.51. The highest BCUT2D eigenvalue weighted by Gasteiger charge is 2.17. The molecule has 3 aromatic rings. The third-order valence-corrected chi connectivity index (χ3v) is 3.71. The number of hydrogen-bond acceptors (Lipinski definition) is 2. The number of fused-ring (bicyclic) bond motifs is 1. The first kappa shape index (κ1) is 17.9. The van der Waals surface area contributed by atoms with Gasteiger partial charge in [0, 0.05) is 23.2 Å². The summed E-state index contributed by atoms with van der Waals surface area (Å²) in [7, 11) is 0. The second-order valence-electron chi connectivity index (χ2n) is 7.16. The topological polar surface area (TPSA) is 54.1 Å². The molecule has 0 atom stereocenters. The van der Waals surface area contributed by atoms with Crippen LogP contribution in [0.15, 0.2) is 42.6 Å². The molecule has 0 spiro atoms. The maximum atomic E-state index is 13.4. The molecule has 26 heavy (non-hydrogen) atoms. The Kier molecular flexibility index (Phi) is 4.68. The highest BCUT2D eigenvalue weighted by Crippen LogP contribution is 2.26. The van der Waals surface area contributed by atoms with E-state index in [2.05, 4.69) is 10.3 Å². The van der Waals surface area contributed by atoms with Gasteiger partial charge in [0.05, 0.1) is 5.69 Å². The van der Waals surface area contributed by atoms with Crippen LogP contribution in [0.4, 0.5) is 19.3 Å². The van der Waals surface area contributed by atoms with Crippen LogP contribution in [-0.2, 0) is 11.2 Å². The van der Waals surface area contributed by atoms with Crippen LogP contribution in [0.2, 0.25) is 0 Å². The quantitative estimate of drug-likeness (QED) is 0.660. The van der Waals surface area contributed by atoms with E-state index in [-0.39, 0.29) is 0 Å². The Bertz CT molecular complexity index is 938. The SMILES string of the molecule is CC(C)(C)OC(=O)Nc1c[nH]c2ccc(Cc3cc(F)cc(F)c3)cc12. The van der Waals surface area contributed by atoms with E-state index in [0.717, 1.165) is 22.5 Å². The summed E-state index contributed by atoms with van der Waals surface area (Å²) in [5.41, 5.74) is 2.24. The van der Waals surface area contributed by atoms with Crippen molar-refractivity contribution in [2.24, 2.45) is 0 Å². The maximum Gasteiger partial charge on any atom is 0.412 e. The van der Waals surface area contributed by atoms with Gasteiger partial charge >= 0.3 is 6.09 Å². The van der Waals surface area contributed by atoms with Gasteiger partial charge < -0.3 is 9.72 Å². The number of aromatic nitrogens is 1. The number of H-pyrrole nitrogens is 1. The average molecular weight is 358 g/mol. The minimum Gasteiger partial charge on any atom is -0.444 e. The van der Waals surface area contributed by atoms with Crippen molar-refractivity contribution in [3.8, 4) is 0 Å². The van der Waals surface area contributed by atoms with Crippen LogP contribution in [0.5, 0.6) is 0 Å². The number of nitrogens with one attached hydrogen (secondary N) is 2. The summed E-state index contributed by atoms with van der Waals surface area (Å²) in [4.78, 5) is 15.1. The summed E-state index contributed by atoms with van der Waals surface area (Å²) in [6.07, 6.45) is 1.51. The first-order valence-corrected chi connectivity index (χ1v) is 8.24. The van der Waals surface area contributed by atoms with Crippen LogP contribution in [0.3, 0.4) is 0 Å². The number of carbonyl (C=O) groups excluding carboxylic acids is 1. The fourth-order valence-electron chi connectivity index (χ4n) is 2.74. The van der Waals surface area contributed by atoms with E-state index in [9.17, 15) is 13.6 Å². The molecule has 0 radical (unpaired) electrons. The Balaban J connectivity index is 1.84. The van der Waals surface area contributed by atoms with Crippen molar-refractivity contribution in [2.75, 3.05) is 5.32 Å². The van der Waals surface area contributed by atoms with Gasteiger partial charge in [0.1, 0.15) is 17.2 Å². The van der Waals surface area contributed by atoms with Crippen molar-refractivity contribution in [3.05, 3.63) is 65.4 Å². The van der Waals surface area contributed by atoms with Crippen LogP contribution in [0, 0.1) is 11.6 Å². The second kappa shape index (κ2) is 6.78. The fourth-order valence-corrected chi connectivity index (χ4v) is 2.74. The number of anilines is 1. The monoisotopic (exact) mass is 358 g/mol. The smallest absolute Gasteiger partial charge is 0.412 e. The van der Waals surface area contributed by atoms with Crippen LogP contribution in [0.1, 0.15) is 31.9 Å². The summed E-state index contributed by atoms with van der Waals surface area (Å²) in [6, 6.07) is 9.08. The van der Waals surface area contributed by atoms with Gasteiger partial charge in [0.25, 0.3) is 0 Å². The van der Waals surface area contributed by atoms with E-state index in [1.54, 1.807) is 27.0 Å². The Morgan fingerprint density at radius 2 is 1.77 bits per heavy atom. The van der Waals surface area contributed by atoms with E-state index in [4.69, 9.17) is 4.74 Å². The van der Waals surface area contributed by atoms with Crippen molar-refractivity contribution in [3.63, 3.8) is 0 Å². The average Bonchev–Trinajstić information content (AvgIpc) is 2.86. The van der Waals surface area contributed by atoms with E-state index in [1.165, 1.54) is 12.1 Å². The van der Waals surface area contributed by atoms with Gasteiger partial charge in [0.2, 0.25) is 0 Å². The third-order valence-electron chi connectivity index (χ3n) is 3.71. The summed E-state index contributed by atoms with van der Waals surface area (Å²) in [6.45, 7) is 5.37. The van der Waals surface area contributed by atoms with Gasteiger partial charge in [-0.25, -0.2) is 13.6 Å². The van der Waals surface area contributed by atoms with Gasteiger partial charge in [-0.15, -0.1) is 0 Å². The lowest BCUT2D eigenvalue weighted by Gasteiger charge is -2.19. The van der Waals surface area contributed by atoms with Gasteiger partial charge in [-0.05, 0) is 62.6 Å². The van der Waals surface area contributed by atoms with Crippen LogP contribution in [-0.4, -0.2) is 16.7 Å². The Labute approximate surface area is 150 Å². The number of aromatic amines is 1. The molecule has 0 saturated carbocycles. The van der Waals surface area contributed by atoms with Gasteiger partial charge in [0.15, 0.2) is 0 Å². The first-order valence-electron chi connectivity index (χ1n) is 8.24. The maximum absolute atomic E-state index is 13.4. The first-order chi connectivity index (χ1) is 12.2. The van der Waals surface area contributed by atoms with Crippen molar-refractivity contribution >= 4 is 22.7 Å². The molecule has 136 valence electrons. The molecule has 0 saturated heterocycles. The molecule has 1 aromatic heterocycles. The number of hydrogen-bond donors (Lipinski definition) is 2. The molecular formula is C20H20F2N2O2. The molecule has 6 heteroatoms. The summed E-state index contributed by atoms with van der Waals surface area (Å²) < 4.78 is 32.0. The zero-order valence-corrected chi connectivity index (χ0v) is 14.8. The molecule has 2 N–H and O–H groups in total. The normalized spacial score (nSPS) is 11.6. The van der Waals surface area contributed by atoms with E-state index >= 15 is 0 Å². The van der Waals surface area contributed by atoms with E-state index in [0.29, 0.717) is 17.7 Å². The molecule has 1 amide bonds. The van der Waals surface area contributed by atoms with Crippen LogP contribution < -0.4 is 5.32 Å². The van der Waals surface area contributed by atoms with Crippen LogP contribution >= 0.6 is 0 Å². The molecule has 4 nitrogen and oxygen atoms in total. The molecule has 0 unspecified atom stereocenters. The molecule has 1 heterocycles. The van der Waals surface area contributed by atoms with Crippen LogP contribution in [0.25, 0.3) is 10.9 Å². The molecule has 0 aliphatic rings. The minimum atomic E-state index is -0.602. The fraction of sp³-hybridized carbons (Fsp3) is 0.250. The number of amides is 1. The highest BCUT2D eigenvalue weighted by molar-refractivity contribution is 5.99. The van der Waals surface area contributed by atoms with Gasteiger partial charge in [-0.3, -0.25) is 5.32 Å². The number of benzene rings is 2. The largest absolute Gasteiger partial charge is 0.444 e. The highest BCUT2D eigenvalue weighted by atomic mass is 19.1. The van der Waals surface area contributed by atoms with Crippen molar-refractivity contribution in [1.82, 2.24) is 4.98 Å². The molecular weight excluding hydrogens is 338 g/mol. The lowest BCUT2D eigenvalue weighted by molar-refractivity contribution is 0.0636. The molecule has 2 aromatic carbocycles. The van der Waals surface area contributed by atoms with Crippen molar-refractivity contribution in [2.45, 2.75) is 32.8 Å². The zero-order valence-electron chi connectivity index (χ0n) is 14.8. The molecule has 0 bridgehead atoms. The second-order valence-corrected chi connectivity index (χ2v) is 7.16. The number of rotatable bonds is 3. The third kappa shape index (κ3) is 4.39. The minimum absolute atomic E-state index is 0.377. The molecule has 0 aliphatic heterocycles. The Hall–Kier alpha value is -2.89. The van der Waals surface area contributed by atoms with Crippen molar-refractivity contribution < 1.29 is 18.3 Å². The number of ether oxygens (including phenoxy) is 1. The number of halogens is 2. The van der Waals surface area contributed by atoms with E-state index in [1.807, 2.05) is 18.2 Å². The molecule has 0 fully saturated rings. The molecule has 0 aliphatic carbocycles. The van der Waals surface area contributed by atoms with Gasteiger partial charge in [-0.1, -0.05) is 6.07 Å². The zero-order chi connectivity index (χ0) is 18.9. The van der Waals surface area contributed by atoms with E-state index < -0.39 is 23.3 Å². The standard InChI is InChI=1S/C20H20F2N2O2/c1-20(2,3)26-19(25)24-18-11-23-17-5-4-12(9-16(17)18)6-13-7-14(21)10-15(22)8-13/h4-5,7-11,23H,6H2,1-3H3,(H,24,25). The molecule has 3 rings (SSSR count). The van der Waals surface area contributed by atoms with Crippen molar-refractivity contribution in [1.29, 1.82) is 0 Å². The van der Waals surface area contributed by atoms with Gasteiger partial charge in [-0.2, -0.15) is 0 Å². The lowest BCUT2D eigenvalue weighted by Crippen LogP contribution is -2.27.